The van der Waals surface area contributed by atoms with E-state index < -0.39 is 0 Å². The molecule has 2 unspecified atom stereocenters. The summed E-state index contributed by atoms with van der Waals surface area (Å²) < 4.78 is 1.07. The molecule has 1 aromatic rings. The molecule has 0 saturated carbocycles. The Morgan fingerprint density at radius 3 is 2.39 bits per heavy atom. The number of fused-ring (bicyclic) bond motifs is 3. The van der Waals surface area contributed by atoms with Gasteiger partial charge in [-0.3, -0.25) is 4.90 Å². The van der Waals surface area contributed by atoms with Gasteiger partial charge in [-0.15, -0.1) is 0 Å². The van der Waals surface area contributed by atoms with Crippen LogP contribution in [0.25, 0.3) is 5.57 Å². The van der Waals surface area contributed by atoms with Gasteiger partial charge in [0.05, 0.1) is 12.1 Å². The number of halogens is 1. The molecule has 2 nitrogen and oxygen atoms in total. The van der Waals surface area contributed by atoms with Crippen LogP contribution in [0.3, 0.4) is 0 Å². The Bertz CT molecular complexity index is 446. The molecule has 0 aliphatic carbocycles. The predicted molar refractivity (Wildman–Crippen MR) is 77.3 cm³/mol. The molecular formula is C15H18BrNO. The monoisotopic (exact) mass is 307 g/mol. The summed E-state index contributed by atoms with van der Waals surface area (Å²) in [6, 6.07) is 8.32. The smallest absolute Gasteiger partial charge is 0.0766 e. The second-order valence-corrected chi connectivity index (χ2v) is 6.26. The Labute approximate surface area is 116 Å². The Morgan fingerprint density at radius 1 is 1.22 bits per heavy atom. The van der Waals surface area contributed by atoms with Crippen LogP contribution in [0.5, 0.6) is 0 Å². The maximum atomic E-state index is 10.4. The lowest BCUT2D eigenvalue weighted by Crippen LogP contribution is -2.57. The van der Waals surface area contributed by atoms with E-state index in [0.717, 1.165) is 41.5 Å². The fraction of sp³-hybridized carbons (Fsp3) is 0.467. The van der Waals surface area contributed by atoms with Crippen LogP contribution in [0, 0.1) is 5.92 Å². The molecule has 3 heterocycles. The fourth-order valence-corrected chi connectivity index (χ4v) is 3.54. The van der Waals surface area contributed by atoms with Crippen molar-refractivity contribution in [3.05, 3.63) is 40.9 Å². The van der Waals surface area contributed by atoms with Crippen LogP contribution >= 0.6 is 15.9 Å². The van der Waals surface area contributed by atoms with E-state index in [1.54, 1.807) is 0 Å². The largest absolute Gasteiger partial charge is 0.391 e. The number of benzene rings is 1. The third-order valence-electron chi connectivity index (χ3n) is 4.35. The second kappa shape index (κ2) is 4.80. The Kier molecular flexibility index (Phi) is 3.31. The van der Waals surface area contributed by atoms with Gasteiger partial charge in [-0.05, 0) is 55.1 Å². The van der Waals surface area contributed by atoms with E-state index in [9.17, 15) is 5.11 Å². The van der Waals surface area contributed by atoms with Gasteiger partial charge in [0.2, 0.25) is 0 Å². The van der Waals surface area contributed by atoms with Gasteiger partial charge in [0, 0.05) is 4.47 Å². The molecule has 2 bridgehead atoms. The molecule has 3 saturated heterocycles. The minimum atomic E-state index is -0.247. The van der Waals surface area contributed by atoms with E-state index in [1.807, 2.05) is 12.1 Å². The fourth-order valence-electron chi connectivity index (χ4n) is 3.27. The van der Waals surface area contributed by atoms with Crippen molar-refractivity contribution in [1.29, 1.82) is 0 Å². The van der Waals surface area contributed by atoms with Crippen LogP contribution in [0.2, 0.25) is 0 Å². The second-order valence-electron chi connectivity index (χ2n) is 5.34. The molecule has 18 heavy (non-hydrogen) atoms. The summed E-state index contributed by atoms with van der Waals surface area (Å²) in [5.41, 5.74) is 2.19. The van der Waals surface area contributed by atoms with Crippen LogP contribution in [-0.2, 0) is 0 Å². The van der Waals surface area contributed by atoms with E-state index in [2.05, 4.69) is 39.5 Å². The highest BCUT2D eigenvalue weighted by molar-refractivity contribution is 9.10. The van der Waals surface area contributed by atoms with Gasteiger partial charge in [-0.1, -0.05) is 34.6 Å². The lowest BCUT2D eigenvalue weighted by molar-refractivity contribution is -0.0496. The van der Waals surface area contributed by atoms with E-state index in [4.69, 9.17) is 0 Å². The van der Waals surface area contributed by atoms with Crippen molar-refractivity contribution >= 4 is 21.5 Å². The summed E-state index contributed by atoms with van der Waals surface area (Å²) in [7, 11) is 0. The molecule has 0 radical (unpaired) electrons. The maximum absolute atomic E-state index is 10.4. The number of hydrogen-bond donors (Lipinski definition) is 1. The van der Waals surface area contributed by atoms with Gasteiger partial charge in [0.15, 0.2) is 0 Å². The molecule has 0 amide bonds. The highest BCUT2D eigenvalue weighted by Gasteiger charge is 2.42. The first-order chi connectivity index (χ1) is 8.66. The molecule has 2 atom stereocenters. The number of piperidine rings is 3. The molecule has 1 N–H and O–H groups in total. The van der Waals surface area contributed by atoms with Crippen molar-refractivity contribution in [3.63, 3.8) is 0 Å². The number of hydrogen-bond acceptors (Lipinski definition) is 2. The first-order valence-electron chi connectivity index (χ1n) is 6.53. The van der Waals surface area contributed by atoms with E-state index in [-0.39, 0.29) is 12.1 Å². The highest BCUT2D eigenvalue weighted by atomic mass is 79.9. The summed E-state index contributed by atoms with van der Waals surface area (Å²) >= 11 is 3.45. The Balaban J connectivity index is 1.86. The summed E-state index contributed by atoms with van der Waals surface area (Å²) in [6.07, 6.45) is 2.01. The van der Waals surface area contributed by atoms with Crippen molar-refractivity contribution in [1.82, 2.24) is 4.90 Å². The maximum Gasteiger partial charge on any atom is 0.0766 e. The number of nitrogens with zero attached hydrogens (tertiary/aromatic N) is 1. The summed E-state index contributed by atoms with van der Waals surface area (Å²) in [6.45, 7) is 6.43. The summed E-state index contributed by atoms with van der Waals surface area (Å²) in [4.78, 5) is 2.38. The van der Waals surface area contributed by atoms with Crippen molar-refractivity contribution in [2.75, 3.05) is 13.1 Å². The summed E-state index contributed by atoms with van der Waals surface area (Å²) in [5, 5.41) is 10.4. The average Bonchev–Trinajstić information content (AvgIpc) is 2.40. The molecule has 3 aliphatic heterocycles. The molecule has 0 spiro atoms. The van der Waals surface area contributed by atoms with Crippen LogP contribution in [0.15, 0.2) is 35.3 Å². The van der Waals surface area contributed by atoms with E-state index in [0.29, 0.717) is 5.92 Å². The van der Waals surface area contributed by atoms with Gasteiger partial charge in [-0.25, -0.2) is 0 Å². The zero-order valence-corrected chi connectivity index (χ0v) is 11.9. The lowest BCUT2D eigenvalue weighted by Gasteiger charge is -2.49. The van der Waals surface area contributed by atoms with Gasteiger partial charge in [0.25, 0.3) is 0 Å². The number of aliphatic hydroxyl groups excluding tert-OH is 1. The van der Waals surface area contributed by atoms with E-state index >= 15 is 0 Å². The van der Waals surface area contributed by atoms with Crippen LogP contribution in [0.4, 0.5) is 0 Å². The van der Waals surface area contributed by atoms with Gasteiger partial charge >= 0.3 is 0 Å². The molecule has 0 aromatic heterocycles. The number of rotatable bonds is 2. The quantitative estimate of drug-likeness (QED) is 0.908. The molecule has 3 aliphatic rings. The minimum absolute atomic E-state index is 0.110. The highest BCUT2D eigenvalue weighted by Crippen LogP contribution is 2.37. The predicted octanol–water partition coefficient (Wildman–Crippen LogP) is 2.92. The standard InChI is InChI=1S/C15H18BrNO/c1-10(11-2-4-13(16)5-3-11)14-15(18)12-6-8-17(14)9-7-12/h2-5,12,14-15,18H,1,6-9H2. The Hall–Kier alpha value is -0.640. The van der Waals surface area contributed by atoms with Crippen LogP contribution < -0.4 is 0 Å². The molecule has 4 rings (SSSR count). The molecule has 3 heteroatoms. The van der Waals surface area contributed by atoms with Crippen molar-refractivity contribution in [2.24, 2.45) is 5.92 Å². The lowest BCUT2D eigenvalue weighted by atomic mass is 9.77. The third kappa shape index (κ3) is 2.04. The topological polar surface area (TPSA) is 23.5 Å². The zero-order chi connectivity index (χ0) is 12.7. The van der Waals surface area contributed by atoms with E-state index in [1.165, 1.54) is 0 Å². The van der Waals surface area contributed by atoms with Crippen molar-refractivity contribution in [3.8, 4) is 0 Å². The van der Waals surface area contributed by atoms with Crippen molar-refractivity contribution < 1.29 is 5.11 Å². The van der Waals surface area contributed by atoms with Gasteiger partial charge < -0.3 is 5.11 Å². The first kappa shape index (κ1) is 12.4. The van der Waals surface area contributed by atoms with Gasteiger partial charge in [-0.2, -0.15) is 0 Å². The van der Waals surface area contributed by atoms with Crippen LogP contribution in [0.1, 0.15) is 18.4 Å². The first-order valence-corrected chi connectivity index (χ1v) is 7.33. The molecule has 3 fully saturated rings. The van der Waals surface area contributed by atoms with Gasteiger partial charge in [0.1, 0.15) is 0 Å². The Morgan fingerprint density at radius 2 is 1.83 bits per heavy atom. The zero-order valence-electron chi connectivity index (χ0n) is 10.3. The normalized spacial score (nSPS) is 34.6. The molecule has 1 aromatic carbocycles. The molecule has 96 valence electrons. The molecular weight excluding hydrogens is 290 g/mol. The SMILES string of the molecule is C=C(c1ccc(Br)cc1)C1C(O)C2CCN1CC2. The van der Waals surface area contributed by atoms with Crippen LogP contribution in [-0.4, -0.2) is 35.2 Å². The van der Waals surface area contributed by atoms with Crippen molar-refractivity contribution in [2.45, 2.75) is 25.0 Å². The third-order valence-corrected chi connectivity index (χ3v) is 4.87. The minimum Gasteiger partial charge on any atom is -0.391 e. The number of aliphatic hydroxyl groups is 1. The summed E-state index contributed by atoms with van der Waals surface area (Å²) in [5.74, 6) is 0.465. The average molecular weight is 308 g/mol.